The molecule has 4 aromatic rings. The Morgan fingerprint density at radius 1 is 1.28 bits per heavy atom. The van der Waals surface area contributed by atoms with Crippen LogP contribution in [-0.4, -0.2) is 58.3 Å². The molecule has 6 rings (SSSR count). The van der Waals surface area contributed by atoms with E-state index in [9.17, 15) is 18.8 Å². The zero-order valence-corrected chi connectivity index (χ0v) is 22.0. The fourth-order valence-corrected chi connectivity index (χ4v) is 5.92. The molecule has 200 valence electrons. The minimum atomic E-state index is -1.07. The van der Waals surface area contributed by atoms with Gasteiger partial charge in [0.15, 0.2) is 11.2 Å². The summed E-state index contributed by atoms with van der Waals surface area (Å²) in [4.78, 5) is 57.9. The number of nitrogens with one attached hydrogen (secondary N) is 1. The highest BCUT2D eigenvalue weighted by Crippen LogP contribution is 2.58. The lowest BCUT2D eigenvalue weighted by molar-refractivity contribution is -0.118. The Hall–Kier alpha value is -4.45. The van der Waals surface area contributed by atoms with Crippen molar-refractivity contribution in [2.75, 3.05) is 23.3 Å². The zero-order valence-electron chi connectivity index (χ0n) is 21.2. The van der Waals surface area contributed by atoms with E-state index in [1.54, 1.807) is 37.7 Å². The third-order valence-electron chi connectivity index (χ3n) is 7.67. The predicted octanol–water partition coefficient (Wildman–Crippen LogP) is 1.33. The third-order valence-corrected chi connectivity index (χ3v) is 8.56. The molecule has 1 amide bonds. The number of aryl methyl sites for hydroxylation is 1. The van der Waals surface area contributed by atoms with Gasteiger partial charge in [-0.3, -0.25) is 14.2 Å². The lowest BCUT2D eigenvalue weighted by Crippen LogP contribution is -2.40. The molecule has 5 heterocycles. The fourth-order valence-electron chi connectivity index (χ4n) is 5.19. The number of halogens is 1. The van der Waals surface area contributed by atoms with E-state index in [4.69, 9.17) is 5.26 Å². The molecule has 13 nitrogen and oxygen atoms in total. The van der Waals surface area contributed by atoms with Gasteiger partial charge in [0, 0.05) is 55.3 Å². The van der Waals surface area contributed by atoms with Crippen LogP contribution < -0.4 is 21.5 Å². The number of rotatable bonds is 6. The average molecular weight is 551 g/mol. The number of carbonyl (C=O) groups is 1. The summed E-state index contributed by atoms with van der Waals surface area (Å²) in [6.45, 7) is 4.03. The van der Waals surface area contributed by atoms with E-state index in [0.29, 0.717) is 35.4 Å². The molecular weight excluding hydrogens is 527 g/mol. The number of nitrogens with zero attached hydrogens (tertiary/aromatic N) is 9. The maximum Gasteiger partial charge on any atom is 0.333 e. The number of thiazole rings is 1. The maximum atomic E-state index is 14.1. The van der Waals surface area contributed by atoms with Crippen molar-refractivity contribution in [1.82, 2.24) is 33.6 Å². The van der Waals surface area contributed by atoms with Gasteiger partial charge in [0.05, 0.1) is 12.4 Å². The number of anilines is 2. The Bertz CT molecular complexity index is 1770. The van der Waals surface area contributed by atoms with E-state index >= 15 is 0 Å². The normalized spacial score (nSPS) is 22.5. The number of hydrogen-bond donors (Lipinski definition) is 1. The second-order valence-electron chi connectivity index (χ2n) is 9.96. The van der Waals surface area contributed by atoms with Crippen molar-refractivity contribution in [3.05, 3.63) is 44.9 Å². The van der Waals surface area contributed by atoms with E-state index in [1.165, 1.54) is 33.8 Å². The second-order valence-corrected chi connectivity index (χ2v) is 10.8. The molecule has 2 unspecified atom stereocenters. The largest absolute Gasteiger partial charge is 0.340 e. The molecule has 1 aliphatic heterocycles. The summed E-state index contributed by atoms with van der Waals surface area (Å²) in [7, 11) is 1.44. The van der Waals surface area contributed by atoms with Crippen LogP contribution in [0.4, 0.5) is 16.2 Å². The van der Waals surface area contributed by atoms with Gasteiger partial charge in [-0.2, -0.15) is 5.26 Å². The third kappa shape index (κ3) is 3.90. The van der Waals surface area contributed by atoms with Crippen molar-refractivity contribution >= 4 is 40.2 Å². The molecule has 0 radical (unpaired) electrons. The van der Waals surface area contributed by atoms with E-state index in [1.807, 2.05) is 4.90 Å². The first-order chi connectivity index (χ1) is 18.6. The molecular formula is C24H23FN10O3S. The summed E-state index contributed by atoms with van der Waals surface area (Å²) in [5.74, 6) is 0.500. The number of alkyl halides is 1. The van der Waals surface area contributed by atoms with Crippen molar-refractivity contribution in [2.24, 2.45) is 18.9 Å². The number of hydrogen-bond acceptors (Lipinski definition) is 10. The Balaban J connectivity index is 1.17. The van der Waals surface area contributed by atoms with Gasteiger partial charge < -0.3 is 14.8 Å². The van der Waals surface area contributed by atoms with Gasteiger partial charge in [-0.25, -0.2) is 33.7 Å². The molecule has 1 saturated carbocycles. The lowest BCUT2D eigenvalue weighted by Gasteiger charge is -2.20. The molecule has 4 aromatic heterocycles. The van der Waals surface area contributed by atoms with Crippen LogP contribution in [0.2, 0.25) is 0 Å². The number of aromatic nitrogens is 7. The van der Waals surface area contributed by atoms with Gasteiger partial charge in [-0.05, 0) is 13.8 Å². The molecule has 0 aromatic carbocycles. The Morgan fingerprint density at radius 3 is 2.64 bits per heavy atom. The minimum absolute atomic E-state index is 0.0395. The number of amides is 1. The van der Waals surface area contributed by atoms with Crippen LogP contribution in [0.25, 0.3) is 21.7 Å². The lowest BCUT2D eigenvalue weighted by atomic mass is 10.2. The van der Waals surface area contributed by atoms with Crippen LogP contribution in [0, 0.1) is 23.2 Å². The first kappa shape index (κ1) is 24.9. The number of fused-ring (bicyclic) bond motifs is 2. The maximum absolute atomic E-state index is 14.1. The topological polar surface area (TPSA) is 157 Å². The number of carbonyl (C=O) groups excluding carboxylic acids is 1. The van der Waals surface area contributed by atoms with Gasteiger partial charge in [-0.15, -0.1) is 11.3 Å². The predicted molar refractivity (Wildman–Crippen MR) is 140 cm³/mol. The summed E-state index contributed by atoms with van der Waals surface area (Å²) >= 11 is 1.30. The molecule has 2 fully saturated rings. The molecule has 0 spiro atoms. The van der Waals surface area contributed by atoms with E-state index in [2.05, 4.69) is 25.3 Å². The molecule has 3 atom stereocenters. The van der Waals surface area contributed by atoms with Crippen LogP contribution >= 0.6 is 11.3 Å². The van der Waals surface area contributed by atoms with Crippen LogP contribution in [0.5, 0.6) is 0 Å². The Morgan fingerprint density at radius 2 is 1.97 bits per heavy atom. The Labute approximate surface area is 224 Å². The molecule has 1 saturated heterocycles. The van der Waals surface area contributed by atoms with Gasteiger partial charge in [0.2, 0.25) is 11.9 Å². The van der Waals surface area contributed by atoms with Crippen molar-refractivity contribution in [3.63, 3.8) is 0 Å². The number of imidazole rings is 1. The van der Waals surface area contributed by atoms with Crippen molar-refractivity contribution < 1.29 is 9.18 Å². The molecule has 1 N–H and O–H groups in total. The average Bonchev–Trinajstić information content (AvgIpc) is 3.51. The Kier molecular flexibility index (Phi) is 5.61. The summed E-state index contributed by atoms with van der Waals surface area (Å²) in [6, 6.07) is 0.928. The van der Waals surface area contributed by atoms with Crippen molar-refractivity contribution in [2.45, 2.75) is 32.1 Å². The van der Waals surface area contributed by atoms with Crippen LogP contribution in [0.1, 0.15) is 19.9 Å². The van der Waals surface area contributed by atoms with Crippen LogP contribution in [0.3, 0.4) is 0 Å². The van der Waals surface area contributed by atoms with E-state index in [0.717, 1.165) is 4.57 Å². The van der Waals surface area contributed by atoms with Gasteiger partial charge >= 0.3 is 5.69 Å². The molecule has 39 heavy (non-hydrogen) atoms. The summed E-state index contributed by atoms with van der Waals surface area (Å²) < 4.78 is 17.5. The van der Waals surface area contributed by atoms with Gasteiger partial charge in [0.1, 0.15) is 29.1 Å². The van der Waals surface area contributed by atoms with Gasteiger partial charge in [-0.1, -0.05) is 0 Å². The fraction of sp³-hybridized carbons (Fsp3) is 0.417. The number of piperidine rings is 1. The second kappa shape index (κ2) is 8.80. The molecule has 1 aliphatic carbocycles. The zero-order chi connectivity index (χ0) is 27.6. The van der Waals surface area contributed by atoms with Crippen LogP contribution in [-0.2, 0) is 18.4 Å². The van der Waals surface area contributed by atoms with Crippen LogP contribution in [0.15, 0.2) is 33.7 Å². The van der Waals surface area contributed by atoms with Crippen molar-refractivity contribution in [3.8, 4) is 16.6 Å². The highest BCUT2D eigenvalue weighted by Gasteiger charge is 2.67. The highest BCUT2D eigenvalue weighted by molar-refractivity contribution is 7.13. The molecule has 2 aliphatic rings. The summed E-state index contributed by atoms with van der Waals surface area (Å²) in [6.07, 6.45) is 4.63. The van der Waals surface area contributed by atoms with E-state index in [-0.39, 0.29) is 23.0 Å². The standard InChI is InChI=1S/C24H23FN10O3S/c1-12(35-11-29-18-17(35)21(37)34(5-4-26)23(38)32(18)3)19(36)30-16-10-39-20(31-16)13-6-27-22(28-7-13)33-8-14-15(9-33)24(14,2)25/h6-7,10-12,14-15H,5,8-9H2,1-3H3,(H,30,36)/t12-,14?,15?,24?/m0/s1. The highest BCUT2D eigenvalue weighted by atomic mass is 32.1. The monoisotopic (exact) mass is 550 g/mol. The van der Waals surface area contributed by atoms with E-state index < -0.39 is 35.4 Å². The molecule has 0 bridgehead atoms. The van der Waals surface area contributed by atoms with Crippen molar-refractivity contribution in [1.29, 1.82) is 5.26 Å². The molecule has 15 heteroatoms. The summed E-state index contributed by atoms with van der Waals surface area (Å²) in [5, 5.41) is 14.0. The first-order valence-corrected chi connectivity index (χ1v) is 13.1. The first-order valence-electron chi connectivity index (χ1n) is 12.2. The quantitative estimate of drug-likeness (QED) is 0.374. The number of nitriles is 1. The summed E-state index contributed by atoms with van der Waals surface area (Å²) in [5.41, 5.74) is -1.61. The SMILES string of the molecule is C[C@@H](C(=O)Nc1csc(-c2cnc(N3CC4C(C3)C4(C)F)nc2)n1)n1cnc2c1c(=O)n(CC#N)c(=O)n2C. The van der Waals surface area contributed by atoms with Gasteiger partial charge in [0.25, 0.3) is 5.56 Å². The smallest absolute Gasteiger partial charge is 0.333 e. The minimum Gasteiger partial charge on any atom is -0.340 e.